The first-order valence-electron chi connectivity index (χ1n) is 11.7. The van der Waals surface area contributed by atoms with Gasteiger partial charge >= 0.3 is 0 Å². The molecule has 0 amide bonds. The molecule has 2 N–H and O–H groups in total. The first-order chi connectivity index (χ1) is 17.7. The van der Waals surface area contributed by atoms with E-state index >= 15 is 0 Å². The molecule has 7 aromatic rings. The molecule has 0 fully saturated rings. The van der Waals surface area contributed by atoms with Crippen LogP contribution in [0.1, 0.15) is 0 Å². The molecular weight excluding hydrogens is 446 g/mol. The maximum atomic E-state index is 4.80. The van der Waals surface area contributed by atoms with E-state index in [0.29, 0.717) is 0 Å². The lowest BCUT2D eigenvalue weighted by molar-refractivity contribution is 0.777. The summed E-state index contributed by atoms with van der Waals surface area (Å²) < 4.78 is 1.89. The van der Waals surface area contributed by atoms with E-state index < -0.39 is 0 Å². The molecule has 7 heteroatoms. The number of fused-ring (bicyclic) bond motifs is 2. The van der Waals surface area contributed by atoms with Gasteiger partial charge in [0.15, 0.2) is 5.82 Å². The van der Waals surface area contributed by atoms with Crippen molar-refractivity contribution in [1.29, 1.82) is 0 Å². The number of aryl methyl sites for hydroxylation is 1. The van der Waals surface area contributed by atoms with Crippen molar-refractivity contribution in [3.8, 4) is 45.3 Å². The molecule has 36 heavy (non-hydrogen) atoms. The number of hydrogen-bond acceptors (Lipinski definition) is 4. The van der Waals surface area contributed by atoms with Gasteiger partial charge in [0.2, 0.25) is 0 Å². The van der Waals surface area contributed by atoms with Crippen LogP contribution in [-0.2, 0) is 7.05 Å². The van der Waals surface area contributed by atoms with Gasteiger partial charge in [-0.05, 0) is 59.2 Å². The van der Waals surface area contributed by atoms with E-state index in [1.54, 1.807) is 12.4 Å². The van der Waals surface area contributed by atoms with E-state index in [9.17, 15) is 0 Å². The van der Waals surface area contributed by atoms with E-state index in [-0.39, 0.29) is 0 Å². The summed E-state index contributed by atoms with van der Waals surface area (Å²) in [5, 5.41) is 4.70. The fourth-order valence-corrected chi connectivity index (χ4v) is 4.61. The van der Waals surface area contributed by atoms with Crippen LogP contribution >= 0.6 is 0 Å². The predicted octanol–water partition coefficient (Wildman–Crippen LogP) is 6.24. The summed E-state index contributed by atoms with van der Waals surface area (Å²) in [6.07, 6.45) is 3.55. The van der Waals surface area contributed by atoms with Crippen LogP contribution in [0.15, 0.2) is 97.3 Å². The Hall–Kier alpha value is -5.04. The molecule has 0 radical (unpaired) electrons. The first kappa shape index (κ1) is 20.3. The monoisotopic (exact) mass is 467 g/mol. The van der Waals surface area contributed by atoms with Gasteiger partial charge in [0, 0.05) is 25.0 Å². The third-order valence-corrected chi connectivity index (χ3v) is 6.44. The Morgan fingerprint density at radius 1 is 0.611 bits per heavy atom. The van der Waals surface area contributed by atoms with Gasteiger partial charge in [-0.1, -0.05) is 42.5 Å². The molecule has 0 aliphatic rings. The predicted molar refractivity (Wildman–Crippen MR) is 142 cm³/mol. The number of nitrogens with one attached hydrogen (secondary N) is 2. The Kier molecular flexibility index (Phi) is 4.53. The lowest BCUT2D eigenvalue weighted by Gasteiger charge is -2.01. The molecule has 172 valence electrons. The molecule has 0 saturated carbocycles. The quantitative estimate of drug-likeness (QED) is 0.321. The van der Waals surface area contributed by atoms with Gasteiger partial charge in [-0.15, -0.1) is 0 Å². The Balaban J connectivity index is 1.24. The fourth-order valence-electron chi connectivity index (χ4n) is 4.61. The number of H-pyrrole nitrogens is 2. The summed E-state index contributed by atoms with van der Waals surface area (Å²) in [5.41, 5.74) is 10.0. The number of pyridine rings is 1. The minimum Gasteiger partial charge on any atom is -0.338 e. The third kappa shape index (κ3) is 3.45. The topological polar surface area (TPSA) is 88.1 Å². The van der Waals surface area contributed by atoms with Gasteiger partial charge in [-0.25, -0.2) is 9.97 Å². The lowest BCUT2D eigenvalue weighted by Crippen LogP contribution is -1.93. The van der Waals surface area contributed by atoms with Crippen molar-refractivity contribution in [2.24, 2.45) is 7.05 Å². The molecule has 4 aromatic heterocycles. The van der Waals surface area contributed by atoms with Crippen molar-refractivity contribution in [3.05, 3.63) is 97.3 Å². The largest absolute Gasteiger partial charge is 0.338 e. The van der Waals surface area contributed by atoms with E-state index in [1.807, 2.05) is 54.2 Å². The molecule has 0 bridgehead atoms. The second-order valence-corrected chi connectivity index (χ2v) is 8.78. The van der Waals surface area contributed by atoms with Crippen LogP contribution in [-0.4, -0.2) is 34.7 Å². The highest BCUT2D eigenvalue weighted by Gasteiger charge is 2.14. The molecular formula is C29H21N7. The third-order valence-electron chi connectivity index (χ3n) is 6.44. The van der Waals surface area contributed by atoms with Gasteiger partial charge < -0.3 is 9.97 Å². The summed E-state index contributed by atoms with van der Waals surface area (Å²) in [6.45, 7) is 0. The number of aromatic nitrogens is 7. The fraction of sp³-hybridized carbons (Fsp3) is 0.0345. The summed E-state index contributed by atoms with van der Waals surface area (Å²) in [7, 11) is 1.96. The molecule has 4 heterocycles. The zero-order valence-corrected chi connectivity index (χ0v) is 19.5. The highest BCUT2D eigenvalue weighted by molar-refractivity contribution is 5.88. The van der Waals surface area contributed by atoms with Crippen molar-refractivity contribution < 1.29 is 0 Å². The normalized spacial score (nSPS) is 11.5. The molecule has 7 rings (SSSR count). The highest BCUT2D eigenvalue weighted by Crippen LogP contribution is 2.30. The number of hydrogen-bond donors (Lipinski definition) is 2. The smallest absolute Gasteiger partial charge is 0.159 e. The zero-order chi connectivity index (χ0) is 24.1. The van der Waals surface area contributed by atoms with Crippen LogP contribution in [0.3, 0.4) is 0 Å². The van der Waals surface area contributed by atoms with E-state index in [4.69, 9.17) is 15.1 Å². The summed E-state index contributed by atoms with van der Waals surface area (Å²) in [6, 6.07) is 28.8. The molecule has 0 saturated heterocycles. The standard InChI is InChI=1S/C29H21N7/c1-36-27(18-5-3-2-4-6-18)17-26(35-36)29-32-23-10-8-21(16-25(23)34-29)20-7-9-22-24(15-20)33-28(31-22)19-11-13-30-14-12-19/h2-17H,1H3,(H,31,33)(H,32,34). The minimum absolute atomic E-state index is 0.756. The number of rotatable bonds is 4. The van der Waals surface area contributed by atoms with Gasteiger partial charge in [0.1, 0.15) is 11.5 Å². The average molecular weight is 468 g/mol. The molecule has 3 aromatic carbocycles. The second-order valence-electron chi connectivity index (χ2n) is 8.78. The van der Waals surface area contributed by atoms with Crippen LogP contribution in [0.2, 0.25) is 0 Å². The van der Waals surface area contributed by atoms with Gasteiger partial charge in [-0.2, -0.15) is 5.10 Å². The number of benzene rings is 3. The van der Waals surface area contributed by atoms with Crippen molar-refractivity contribution in [1.82, 2.24) is 34.7 Å². The van der Waals surface area contributed by atoms with Gasteiger partial charge in [-0.3, -0.25) is 9.67 Å². The molecule has 0 atom stereocenters. The first-order valence-corrected chi connectivity index (χ1v) is 11.7. The SMILES string of the molecule is Cn1nc(-c2nc3ccc(-c4ccc5nc(-c6ccncc6)[nH]c5c4)cc3[nH]2)cc1-c1ccccc1. The minimum atomic E-state index is 0.756. The number of imidazole rings is 2. The summed E-state index contributed by atoms with van der Waals surface area (Å²) >= 11 is 0. The van der Waals surface area contributed by atoms with Crippen LogP contribution in [0.4, 0.5) is 0 Å². The van der Waals surface area contributed by atoms with Crippen LogP contribution in [0, 0.1) is 0 Å². The van der Waals surface area contributed by atoms with Crippen molar-refractivity contribution in [2.75, 3.05) is 0 Å². The van der Waals surface area contributed by atoms with Crippen molar-refractivity contribution in [2.45, 2.75) is 0 Å². The highest BCUT2D eigenvalue weighted by atomic mass is 15.3. The van der Waals surface area contributed by atoms with Crippen molar-refractivity contribution in [3.63, 3.8) is 0 Å². The van der Waals surface area contributed by atoms with E-state index in [2.05, 4.69) is 57.4 Å². The Morgan fingerprint density at radius 2 is 1.25 bits per heavy atom. The van der Waals surface area contributed by atoms with Crippen LogP contribution < -0.4 is 0 Å². The zero-order valence-electron chi connectivity index (χ0n) is 19.5. The lowest BCUT2D eigenvalue weighted by atomic mass is 10.0. The Morgan fingerprint density at radius 3 is 1.94 bits per heavy atom. The van der Waals surface area contributed by atoms with Crippen molar-refractivity contribution >= 4 is 22.1 Å². The molecule has 0 aliphatic heterocycles. The van der Waals surface area contributed by atoms with Crippen LogP contribution in [0.5, 0.6) is 0 Å². The second kappa shape index (κ2) is 8.02. The Bertz CT molecular complexity index is 1840. The van der Waals surface area contributed by atoms with Gasteiger partial charge in [0.05, 0.1) is 27.8 Å². The number of aromatic amines is 2. The summed E-state index contributed by atoms with van der Waals surface area (Å²) in [5.74, 6) is 1.59. The Labute approximate surface area is 206 Å². The maximum Gasteiger partial charge on any atom is 0.159 e. The molecule has 0 aliphatic carbocycles. The summed E-state index contributed by atoms with van der Waals surface area (Å²) in [4.78, 5) is 20.5. The van der Waals surface area contributed by atoms with Crippen LogP contribution in [0.25, 0.3) is 67.4 Å². The molecule has 0 spiro atoms. The van der Waals surface area contributed by atoms with E-state index in [1.165, 1.54) is 0 Å². The molecule has 0 unspecified atom stereocenters. The van der Waals surface area contributed by atoms with E-state index in [0.717, 1.165) is 67.4 Å². The molecule has 7 nitrogen and oxygen atoms in total. The average Bonchev–Trinajstić information content (AvgIpc) is 3.65. The number of nitrogens with zero attached hydrogens (tertiary/aromatic N) is 5. The van der Waals surface area contributed by atoms with Gasteiger partial charge in [0.25, 0.3) is 0 Å². The maximum absolute atomic E-state index is 4.80.